The predicted octanol–water partition coefficient (Wildman–Crippen LogP) is 0.480. The van der Waals surface area contributed by atoms with Gasteiger partial charge >= 0.3 is 0 Å². The van der Waals surface area contributed by atoms with Crippen molar-refractivity contribution in [2.45, 2.75) is 37.8 Å². The molecule has 82 valence electrons. The number of hydrogen-bond donors (Lipinski definition) is 1. The molecule has 1 atom stereocenters. The lowest BCUT2D eigenvalue weighted by Gasteiger charge is -2.11. The zero-order valence-electron chi connectivity index (χ0n) is 8.72. The van der Waals surface area contributed by atoms with E-state index in [0.717, 1.165) is 37.8 Å². The Hall–Kier alpha value is -0.940. The van der Waals surface area contributed by atoms with Crippen LogP contribution in [0.4, 0.5) is 0 Å². The monoisotopic (exact) mass is 208 g/mol. The summed E-state index contributed by atoms with van der Waals surface area (Å²) in [6.45, 7) is 2.78. The largest absolute Gasteiger partial charge is 0.339 e. The molecular weight excluding hydrogens is 192 g/mol. The Morgan fingerprint density at radius 1 is 1.40 bits per heavy atom. The highest BCUT2D eigenvalue weighted by molar-refractivity contribution is 5.01. The molecule has 0 bridgehead atoms. The highest BCUT2D eigenvalue weighted by Crippen LogP contribution is 2.38. The number of nitrogens with two attached hydrogens (primary N) is 1. The van der Waals surface area contributed by atoms with Crippen LogP contribution < -0.4 is 5.73 Å². The van der Waals surface area contributed by atoms with E-state index in [9.17, 15) is 0 Å². The van der Waals surface area contributed by atoms with Crippen LogP contribution in [0.15, 0.2) is 4.52 Å². The van der Waals surface area contributed by atoms with Crippen LogP contribution >= 0.6 is 0 Å². The Morgan fingerprint density at radius 2 is 2.27 bits per heavy atom. The second kappa shape index (κ2) is 3.57. The molecule has 0 radical (unpaired) electrons. The van der Waals surface area contributed by atoms with E-state index in [-0.39, 0.29) is 0 Å². The standard InChI is InChI=1S/C10H16N4O/c11-8-3-4-14(5-8)6-9-12-10(15-13-9)7-1-2-7/h7-8H,1-6,11H2. The smallest absolute Gasteiger partial charge is 0.229 e. The number of rotatable bonds is 3. The molecule has 1 aliphatic heterocycles. The highest BCUT2D eigenvalue weighted by Gasteiger charge is 2.30. The maximum atomic E-state index is 5.84. The van der Waals surface area contributed by atoms with Gasteiger partial charge in [-0.05, 0) is 19.3 Å². The fourth-order valence-electron chi connectivity index (χ4n) is 2.03. The molecule has 0 spiro atoms. The fraction of sp³-hybridized carbons (Fsp3) is 0.800. The highest BCUT2D eigenvalue weighted by atomic mass is 16.5. The van der Waals surface area contributed by atoms with Crippen molar-refractivity contribution in [1.29, 1.82) is 0 Å². The third-order valence-corrected chi connectivity index (χ3v) is 3.08. The minimum atomic E-state index is 0.319. The van der Waals surface area contributed by atoms with E-state index in [2.05, 4.69) is 15.0 Å². The van der Waals surface area contributed by atoms with Crippen molar-refractivity contribution < 1.29 is 4.52 Å². The molecule has 1 saturated carbocycles. The maximum Gasteiger partial charge on any atom is 0.229 e. The van der Waals surface area contributed by atoms with Gasteiger partial charge in [0.15, 0.2) is 5.82 Å². The van der Waals surface area contributed by atoms with Crippen LogP contribution in [0.1, 0.15) is 36.9 Å². The Labute approximate surface area is 88.6 Å². The van der Waals surface area contributed by atoms with E-state index in [4.69, 9.17) is 10.3 Å². The lowest BCUT2D eigenvalue weighted by molar-refractivity contribution is 0.306. The summed E-state index contributed by atoms with van der Waals surface area (Å²) >= 11 is 0. The molecule has 15 heavy (non-hydrogen) atoms. The third-order valence-electron chi connectivity index (χ3n) is 3.08. The van der Waals surface area contributed by atoms with Gasteiger partial charge in [-0.2, -0.15) is 4.98 Å². The van der Waals surface area contributed by atoms with E-state index >= 15 is 0 Å². The second-order valence-electron chi connectivity index (χ2n) is 4.61. The summed E-state index contributed by atoms with van der Waals surface area (Å²) in [6, 6.07) is 0.319. The van der Waals surface area contributed by atoms with Crippen molar-refractivity contribution in [3.8, 4) is 0 Å². The molecule has 2 fully saturated rings. The van der Waals surface area contributed by atoms with Crippen molar-refractivity contribution in [2.75, 3.05) is 13.1 Å². The van der Waals surface area contributed by atoms with Crippen molar-refractivity contribution in [2.24, 2.45) is 5.73 Å². The summed E-state index contributed by atoms with van der Waals surface area (Å²) < 4.78 is 5.21. The fourth-order valence-corrected chi connectivity index (χ4v) is 2.03. The third kappa shape index (κ3) is 2.03. The molecular formula is C10H16N4O. The molecule has 1 unspecified atom stereocenters. The van der Waals surface area contributed by atoms with Crippen LogP contribution in [0.2, 0.25) is 0 Å². The average Bonchev–Trinajstić information content (AvgIpc) is 2.84. The normalized spacial score (nSPS) is 27.4. The van der Waals surface area contributed by atoms with E-state index in [0.29, 0.717) is 12.0 Å². The van der Waals surface area contributed by atoms with Crippen molar-refractivity contribution in [3.05, 3.63) is 11.7 Å². The van der Waals surface area contributed by atoms with Crippen LogP contribution in [0.5, 0.6) is 0 Å². The predicted molar refractivity (Wildman–Crippen MR) is 54.1 cm³/mol. The number of likely N-dealkylation sites (tertiary alicyclic amines) is 1. The molecule has 2 aliphatic rings. The van der Waals surface area contributed by atoms with Gasteiger partial charge in [0.1, 0.15) is 0 Å². The second-order valence-corrected chi connectivity index (χ2v) is 4.61. The molecule has 5 nitrogen and oxygen atoms in total. The van der Waals surface area contributed by atoms with Crippen molar-refractivity contribution in [3.63, 3.8) is 0 Å². The molecule has 0 amide bonds. The Balaban J connectivity index is 1.61. The first-order valence-corrected chi connectivity index (χ1v) is 5.61. The summed E-state index contributed by atoms with van der Waals surface area (Å²) in [5.74, 6) is 2.19. The van der Waals surface area contributed by atoms with Gasteiger partial charge in [0.05, 0.1) is 6.54 Å². The van der Waals surface area contributed by atoms with Gasteiger partial charge < -0.3 is 10.3 Å². The van der Waals surface area contributed by atoms with E-state index in [1.54, 1.807) is 0 Å². The van der Waals surface area contributed by atoms with Crippen LogP contribution in [-0.2, 0) is 6.54 Å². The van der Waals surface area contributed by atoms with Crippen LogP contribution in [0, 0.1) is 0 Å². The summed E-state index contributed by atoms with van der Waals surface area (Å²) in [5, 5.41) is 4.00. The quantitative estimate of drug-likeness (QED) is 0.782. The number of nitrogens with zero attached hydrogens (tertiary/aromatic N) is 3. The molecule has 3 rings (SSSR count). The van der Waals surface area contributed by atoms with E-state index in [1.807, 2.05) is 0 Å². The van der Waals surface area contributed by atoms with Gasteiger partial charge in [-0.15, -0.1) is 0 Å². The first-order chi connectivity index (χ1) is 7.31. The first kappa shape index (κ1) is 9.30. The lowest BCUT2D eigenvalue weighted by Crippen LogP contribution is -2.26. The van der Waals surface area contributed by atoms with Crippen LogP contribution in [-0.4, -0.2) is 34.2 Å². The summed E-state index contributed by atoms with van der Waals surface area (Å²) in [6.07, 6.45) is 3.49. The minimum absolute atomic E-state index is 0.319. The number of aromatic nitrogens is 2. The lowest BCUT2D eigenvalue weighted by atomic mass is 10.3. The van der Waals surface area contributed by atoms with Gasteiger partial charge in [0.2, 0.25) is 5.89 Å². The van der Waals surface area contributed by atoms with Crippen molar-refractivity contribution >= 4 is 0 Å². The Bertz CT molecular complexity index is 347. The Kier molecular flexibility index (Phi) is 2.21. The van der Waals surface area contributed by atoms with Gasteiger partial charge in [0.25, 0.3) is 0 Å². The maximum absolute atomic E-state index is 5.84. The number of hydrogen-bond acceptors (Lipinski definition) is 5. The molecule has 1 aromatic rings. The Morgan fingerprint density at radius 3 is 2.93 bits per heavy atom. The van der Waals surface area contributed by atoms with Crippen molar-refractivity contribution in [1.82, 2.24) is 15.0 Å². The molecule has 1 aromatic heterocycles. The zero-order chi connectivity index (χ0) is 10.3. The van der Waals surface area contributed by atoms with Gasteiger partial charge in [-0.1, -0.05) is 5.16 Å². The summed E-state index contributed by atoms with van der Waals surface area (Å²) in [5.41, 5.74) is 5.84. The zero-order valence-corrected chi connectivity index (χ0v) is 8.72. The van der Waals surface area contributed by atoms with Crippen LogP contribution in [0.25, 0.3) is 0 Å². The molecule has 2 N–H and O–H groups in total. The SMILES string of the molecule is NC1CCN(Cc2noc(C3CC3)n2)C1. The molecule has 0 aromatic carbocycles. The van der Waals surface area contributed by atoms with Gasteiger partial charge in [0, 0.05) is 25.0 Å². The van der Waals surface area contributed by atoms with E-state index < -0.39 is 0 Å². The summed E-state index contributed by atoms with van der Waals surface area (Å²) in [4.78, 5) is 6.68. The first-order valence-electron chi connectivity index (χ1n) is 5.61. The van der Waals surface area contributed by atoms with Crippen LogP contribution in [0.3, 0.4) is 0 Å². The van der Waals surface area contributed by atoms with E-state index in [1.165, 1.54) is 12.8 Å². The molecule has 1 aliphatic carbocycles. The average molecular weight is 208 g/mol. The van der Waals surface area contributed by atoms with Gasteiger partial charge in [-0.25, -0.2) is 0 Å². The molecule has 5 heteroatoms. The molecule has 1 saturated heterocycles. The summed E-state index contributed by atoms with van der Waals surface area (Å²) in [7, 11) is 0. The molecule has 2 heterocycles. The minimum Gasteiger partial charge on any atom is -0.339 e. The topological polar surface area (TPSA) is 68.2 Å². The van der Waals surface area contributed by atoms with Gasteiger partial charge in [-0.3, -0.25) is 4.90 Å².